The minimum Gasteiger partial charge on any atom is -0.410 e. The molecule has 58 heavy (non-hydrogen) atoms. The van der Waals surface area contributed by atoms with Crippen molar-refractivity contribution < 1.29 is 110 Å². The van der Waals surface area contributed by atoms with E-state index in [0.29, 0.717) is 25.7 Å². The van der Waals surface area contributed by atoms with E-state index < -0.39 is 148 Å². The van der Waals surface area contributed by atoms with Crippen LogP contribution in [0.5, 0.6) is 0 Å². The monoisotopic (exact) mass is 884 g/mol. The molecule has 4 heterocycles. The molecule has 24 nitrogen and oxygen atoms in total. The van der Waals surface area contributed by atoms with Gasteiger partial charge in [0.1, 0.15) is 119 Å². The highest BCUT2D eigenvalue weighted by molar-refractivity contribution is 8.14. The van der Waals surface area contributed by atoms with Gasteiger partial charge in [0.15, 0.2) is 12.6 Å². The van der Waals surface area contributed by atoms with E-state index in [1.807, 2.05) is 0 Å². The molecular formula is C32H56N2O22S2. The van der Waals surface area contributed by atoms with E-state index in [9.17, 15) is 81.9 Å². The highest BCUT2D eigenvalue weighted by Crippen LogP contribution is 2.36. The van der Waals surface area contributed by atoms with Gasteiger partial charge < -0.3 is 110 Å². The number of oxime groups is 2. The molecule has 16 N–H and O–H groups in total. The molecule has 0 spiro atoms. The van der Waals surface area contributed by atoms with Gasteiger partial charge in [-0.25, -0.2) is 0 Å². The van der Waals surface area contributed by atoms with Crippen LogP contribution < -0.4 is 0 Å². The number of hydrogen-bond donors (Lipinski definition) is 16. The molecule has 4 aliphatic rings. The average Bonchev–Trinajstić information content (AvgIpc) is 3.22. The second-order valence-electron chi connectivity index (χ2n) is 14.1. The summed E-state index contributed by atoms with van der Waals surface area (Å²) in [5.74, 6) is 0. The van der Waals surface area contributed by atoms with Crippen LogP contribution >= 0.6 is 23.5 Å². The number of rotatable bonds is 17. The van der Waals surface area contributed by atoms with Crippen LogP contribution in [0.4, 0.5) is 0 Å². The van der Waals surface area contributed by atoms with E-state index >= 15 is 0 Å². The van der Waals surface area contributed by atoms with Crippen LogP contribution in [0.3, 0.4) is 0 Å². The van der Waals surface area contributed by atoms with Crippen LogP contribution in [-0.2, 0) is 28.4 Å². The molecule has 0 aromatic carbocycles. The summed E-state index contributed by atoms with van der Waals surface area (Å²) in [6.45, 7) is -2.94. The molecule has 0 bridgehead atoms. The molecule has 4 rings (SSSR count). The van der Waals surface area contributed by atoms with Gasteiger partial charge in [0.2, 0.25) is 0 Å². The van der Waals surface area contributed by atoms with E-state index in [2.05, 4.69) is 10.3 Å². The van der Waals surface area contributed by atoms with Gasteiger partial charge in [0.05, 0.1) is 26.4 Å². The Labute approximate surface area is 339 Å². The second kappa shape index (κ2) is 23.3. The van der Waals surface area contributed by atoms with Crippen molar-refractivity contribution in [1.82, 2.24) is 0 Å². The van der Waals surface area contributed by atoms with Gasteiger partial charge in [-0.1, -0.05) is 46.7 Å². The quantitative estimate of drug-likeness (QED) is 0.0212. The zero-order chi connectivity index (χ0) is 42.8. The van der Waals surface area contributed by atoms with Crippen LogP contribution in [-0.4, -0.2) is 240 Å². The number of nitrogens with zero attached hydrogens (tertiary/aromatic N) is 2. The van der Waals surface area contributed by atoms with Gasteiger partial charge in [0, 0.05) is 0 Å². The third-order valence-electron chi connectivity index (χ3n) is 10.2. The highest BCUT2D eigenvalue weighted by atomic mass is 32.2. The topological polar surface area (TPSA) is 404 Å². The van der Waals surface area contributed by atoms with Gasteiger partial charge in [-0.15, -0.1) is 0 Å². The Kier molecular flexibility index (Phi) is 19.9. The van der Waals surface area contributed by atoms with E-state index in [1.54, 1.807) is 0 Å². The molecule has 0 unspecified atom stereocenters. The lowest BCUT2D eigenvalue weighted by atomic mass is 9.97. The maximum absolute atomic E-state index is 10.9. The van der Waals surface area contributed by atoms with E-state index in [1.165, 1.54) is 0 Å². The maximum atomic E-state index is 10.9. The van der Waals surface area contributed by atoms with Gasteiger partial charge in [-0.2, -0.15) is 0 Å². The molecule has 4 aliphatic heterocycles. The van der Waals surface area contributed by atoms with E-state index in [-0.39, 0.29) is 22.9 Å². The minimum atomic E-state index is -1.82. The maximum Gasteiger partial charge on any atom is 0.187 e. The molecule has 4 saturated heterocycles. The van der Waals surface area contributed by atoms with Crippen molar-refractivity contribution in [2.75, 3.05) is 26.4 Å². The predicted octanol–water partition coefficient (Wildman–Crippen LogP) is -6.38. The average molecular weight is 885 g/mol. The summed E-state index contributed by atoms with van der Waals surface area (Å²) < 4.78 is 33.1. The van der Waals surface area contributed by atoms with Crippen molar-refractivity contribution in [3.8, 4) is 0 Å². The first-order chi connectivity index (χ1) is 27.6. The summed E-state index contributed by atoms with van der Waals surface area (Å²) >= 11 is 1.56. The third kappa shape index (κ3) is 11.8. The number of aliphatic hydroxyl groups excluding tert-OH is 14. The molecule has 4 fully saturated rings. The lowest BCUT2D eigenvalue weighted by molar-refractivity contribution is -0.338. The summed E-state index contributed by atoms with van der Waals surface area (Å²) in [5, 5.41) is 169. The zero-order valence-corrected chi connectivity index (χ0v) is 32.6. The van der Waals surface area contributed by atoms with Crippen molar-refractivity contribution in [2.24, 2.45) is 10.3 Å². The van der Waals surface area contributed by atoms with Gasteiger partial charge in [-0.05, 0) is 25.7 Å². The molecule has 0 saturated carbocycles. The SMILES string of the molecule is OC[C@H]1O[C@@H](O[C@H]2[C@H](O)[C@@H](O)[C@H](S/C(CCCCCC/C(=N/O)S[C@@H]3O[C@H](CO)[C@@H](O[C@@H]4O[C@H](CO)[C@@H](O)[C@H](O)[C@H]4O)[C@H](O)[C@H]3O)=N\O)O[C@@H]2CO)[C@H](O)[C@@H](O)[C@@H]1O. The Balaban J connectivity index is 1.20. The Morgan fingerprint density at radius 3 is 1.07 bits per heavy atom. The Bertz CT molecular complexity index is 1200. The van der Waals surface area contributed by atoms with Crippen LogP contribution in [0, 0.1) is 0 Å². The summed E-state index contributed by atoms with van der Waals surface area (Å²) in [4.78, 5) is 0. The van der Waals surface area contributed by atoms with Crippen LogP contribution in [0.2, 0.25) is 0 Å². The lowest BCUT2D eigenvalue weighted by Crippen LogP contribution is -2.64. The fraction of sp³-hybridized carbons (Fsp3) is 0.938. The zero-order valence-electron chi connectivity index (χ0n) is 30.9. The molecule has 0 radical (unpaired) electrons. The van der Waals surface area contributed by atoms with Crippen LogP contribution in [0.1, 0.15) is 38.5 Å². The largest absolute Gasteiger partial charge is 0.410 e. The number of ether oxygens (including phenoxy) is 6. The molecule has 20 atom stereocenters. The molecule has 0 amide bonds. The lowest BCUT2D eigenvalue weighted by Gasteiger charge is -2.46. The van der Waals surface area contributed by atoms with Crippen LogP contribution in [0.15, 0.2) is 10.3 Å². The van der Waals surface area contributed by atoms with E-state index in [0.717, 1.165) is 23.5 Å². The second-order valence-corrected chi connectivity index (χ2v) is 16.5. The molecule has 26 heteroatoms. The standard InChI is InChI=1S/C32H56N2O22S2/c35-7-11-17(39)19(41)23(45)29(51-11)55-27-13(9-37)53-31(25(47)21(27)43)57-15(33-49)5-3-1-2-4-6-16(34-50)58-32-26(48)22(44)28(14(10-38)54-32)56-30-24(46)20(42)18(40)12(8-36)52-30/h11-14,17-32,35-50H,1-10H2/b33-15-,34-16-/t11-,12-,13-,14-,17-,18-,19+,20+,21-,22-,23-,24-,25-,26-,27-,28-,29+,30+,31+,32+/m1/s1. The van der Waals surface area contributed by atoms with Gasteiger partial charge in [0.25, 0.3) is 0 Å². The number of unbranched alkanes of at least 4 members (excludes halogenated alkanes) is 3. The van der Waals surface area contributed by atoms with Crippen molar-refractivity contribution in [3.63, 3.8) is 0 Å². The fourth-order valence-electron chi connectivity index (χ4n) is 6.74. The third-order valence-corrected chi connectivity index (χ3v) is 12.5. The van der Waals surface area contributed by atoms with Crippen molar-refractivity contribution >= 4 is 33.6 Å². The normalized spacial score (nSPS) is 44.4. The summed E-state index contributed by atoms with van der Waals surface area (Å²) in [6.07, 6.45) is -26.5. The fourth-order valence-corrected chi connectivity index (χ4v) is 8.90. The summed E-state index contributed by atoms with van der Waals surface area (Å²) in [7, 11) is 0. The Morgan fingerprint density at radius 2 is 0.759 bits per heavy atom. The first-order valence-corrected chi connectivity index (χ1v) is 20.3. The first kappa shape index (κ1) is 49.5. The smallest absolute Gasteiger partial charge is 0.187 e. The number of hydrogen-bond acceptors (Lipinski definition) is 26. The van der Waals surface area contributed by atoms with Crippen molar-refractivity contribution in [2.45, 2.75) is 160 Å². The van der Waals surface area contributed by atoms with Crippen molar-refractivity contribution in [3.05, 3.63) is 0 Å². The predicted molar refractivity (Wildman–Crippen MR) is 194 cm³/mol. The van der Waals surface area contributed by atoms with E-state index in [4.69, 9.17) is 28.4 Å². The van der Waals surface area contributed by atoms with Gasteiger partial charge >= 0.3 is 0 Å². The number of thioether (sulfide) groups is 2. The Hall–Kier alpha value is -1.16. The molecule has 0 aliphatic carbocycles. The highest BCUT2D eigenvalue weighted by Gasteiger charge is 2.52. The number of aliphatic hydroxyl groups is 14. The van der Waals surface area contributed by atoms with Crippen LogP contribution in [0.25, 0.3) is 0 Å². The molecular weight excluding hydrogens is 828 g/mol. The van der Waals surface area contributed by atoms with Gasteiger partial charge in [-0.3, -0.25) is 0 Å². The molecule has 338 valence electrons. The summed E-state index contributed by atoms with van der Waals surface area (Å²) in [5.41, 5.74) is -2.49. The molecule has 0 aromatic rings. The summed E-state index contributed by atoms with van der Waals surface area (Å²) in [6, 6.07) is 0. The molecule has 0 aromatic heterocycles. The first-order valence-electron chi connectivity index (χ1n) is 18.6. The minimum absolute atomic E-state index is 0.115. The van der Waals surface area contributed by atoms with Crippen molar-refractivity contribution in [1.29, 1.82) is 0 Å². The Morgan fingerprint density at radius 1 is 0.414 bits per heavy atom.